The lowest BCUT2D eigenvalue weighted by molar-refractivity contribution is -0.123. The number of rotatable bonds is 7. The van der Waals surface area contributed by atoms with Crippen LogP contribution in [0.15, 0.2) is 42.5 Å². The molecule has 2 N–H and O–H groups in total. The Bertz CT molecular complexity index is 756. The van der Waals surface area contributed by atoms with Crippen molar-refractivity contribution in [3.05, 3.63) is 64.7 Å². The molecule has 5 nitrogen and oxygen atoms in total. The van der Waals surface area contributed by atoms with Crippen molar-refractivity contribution in [2.24, 2.45) is 0 Å². The van der Waals surface area contributed by atoms with E-state index in [0.717, 1.165) is 11.1 Å². The molecule has 132 valence electrons. The molecule has 0 aliphatic carbocycles. The van der Waals surface area contributed by atoms with Crippen LogP contribution in [0.3, 0.4) is 0 Å². The van der Waals surface area contributed by atoms with E-state index < -0.39 is 0 Å². The van der Waals surface area contributed by atoms with Crippen molar-refractivity contribution in [1.82, 2.24) is 10.6 Å². The van der Waals surface area contributed by atoms with Crippen molar-refractivity contribution < 1.29 is 14.3 Å². The van der Waals surface area contributed by atoms with Crippen molar-refractivity contribution >= 4 is 11.8 Å². The molecule has 0 spiro atoms. The molecule has 0 unspecified atom stereocenters. The summed E-state index contributed by atoms with van der Waals surface area (Å²) in [5.41, 5.74) is 3.95. The fourth-order valence-corrected chi connectivity index (χ4v) is 2.27. The fraction of sp³-hybridized carbons (Fsp3) is 0.300. The van der Waals surface area contributed by atoms with Crippen LogP contribution in [0.25, 0.3) is 0 Å². The van der Waals surface area contributed by atoms with E-state index in [4.69, 9.17) is 4.74 Å². The van der Waals surface area contributed by atoms with Gasteiger partial charge in [-0.25, -0.2) is 0 Å². The van der Waals surface area contributed by atoms with Crippen molar-refractivity contribution in [2.75, 3.05) is 19.7 Å². The number of carbonyl (C=O) groups excluding carboxylic acids is 2. The molecule has 0 aliphatic heterocycles. The highest BCUT2D eigenvalue weighted by molar-refractivity contribution is 5.94. The molecule has 0 heterocycles. The summed E-state index contributed by atoms with van der Waals surface area (Å²) >= 11 is 0. The van der Waals surface area contributed by atoms with Crippen LogP contribution in [-0.2, 0) is 4.79 Å². The number of nitrogens with one attached hydrogen (secondary N) is 2. The van der Waals surface area contributed by atoms with Crippen LogP contribution in [-0.4, -0.2) is 31.5 Å². The minimum absolute atomic E-state index is 0.0473. The minimum Gasteiger partial charge on any atom is -0.484 e. The number of carbonyl (C=O) groups is 2. The van der Waals surface area contributed by atoms with E-state index in [2.05, 4.69) is 10.6 Å². The van der Waals surface area contributed by atoms with Gasteiger partial charge >= 0.3 is 0 Å². The Morgan fingerprint density at radius 3 is 2.40 bits per heavy atom. The predicted molar refractivity (Wildman–Crippen MR) is 97.9 cm³/mol. The number of aryl methyl sites for hydroxylation is 3. The second-order valence-corrected chi connectivity index (χ2v) is 6.01. The van der Waals surface area contributed by atoms with Gasteiger partial charge in [-0.2, -0.15) is 0 Å². The molecule has 0 saturated carbocycles. The Labute approximate surface area is 148 Å². The quantitative estimate of drug-likeness (QED) is 0.761. The van der Waals surface area contributed by atoms with Gasteiger partial charge < -0.3 is 15.4 Å². The molecule has 2 amide bonds. The summed E-state index contributed by atoms with van der Waals surface area (Å²) in [5.74, 6) is 0.304. The Kier molecular flexibility index (Phi) is 6.57. The van der Waals surface area contributed by atoms with Crippen LogP contribution in [0.2, 0.25) is 0 Å². The summed E-state index contributed by atoms with van der Waals surface area (Å²) in [7, 11) is 0. The Balaban J connectivity index is 1.66. The van der Waals surface area contributed by atoms with Crippen molar-refractivity contribution in [3.63, 3.8) is 0 Å². The highest BCUT2D eigenvalue weighted by Crippen LogP contribution is 2.16. The maximum absolute atomic E-state index is 12.0. The molecule has 0 atom stereocenters. The lowest BCUT2D eigenvalue weighted by Crippen LogP contribution is -2.36. The summed E-state index contributed by atoms with van der Waals surface area (Å²) in [6.45, 7) is 6.63. The van der Waals surface area contributed by atoms with Gasteiger partial charge in [-0.05, 0) is 56.2 Å². The maximum Gasteiger partial charge on any atom is 0.258 e. The molecule has 0 aliphatic rings. The SMILES string of the molecule is Cc1cccc(C(=O)NCCNC(=O)COc2ccc(C)c(C)c2)c1. The number of ether oxygens (including phenoxy) is 1. The van der Waals surface area contributed by atoms with Crippen LogP contribution in [0.5, 0.6) is 5.75 Å². The fourth-order valence-electron chi connectivity index (χ4n) is 2.27. The first-order valence-corrected chi connectivity index (χ1v) is 8.27. The summed E-state index contributed by atoms with van der Waals surface area (Å²) in [6, 6.07) is 13.1. The smallest absolute Gasteiger partial charge is 0.258 e. The van der Waals surface area contributed by atoms with Crippen molar-refractivity contribution in [1.29, 1.82) is 0 Å². The van der Waals surface area contributed by atoms with Crippen molar-refractivity contribution in [2.45, 2.75) is 20.8 Å². The van der Waals surface area contributed by atoms with Crippen LogP contribution in [0, 0.1) is 20.8 Å². The van der Waals surface area contributed by atoms with Crippen LogP contribution < -0.4 is 15.4 Å². The second kappa shape index (κ2) is 8.87. The zero-order chi connectivity index (χ0) is 18.2. The van der Waals surface area contributed by atoms with Gasteiger partial charge in [0.25, 0.3) is 11.8 Å². The topological polar surface area (TPSA) is 67.4 Å². The zero-order valence-electron chi connectivity index (χ0n) is 14.9. The monoisotopic (exact) mass is 340 g/mol. The molecule has 0 saturated heterocycles. The lowest BCUT2D eigenvalue weighted by Gasteiger charge is -2.10. The molecule has 0 bridgehead atoms. The molecule has 0 radical (unpaired) electrons. The third-order valence-corrected chi connectivity index (χ3v) is 3.86. The normalized spacial score (nSPS) is 10.2. The highest BCUT2D eigenvalue weighted by atomic mass is 16.5. The molecular formula is C20H24N2O3. The van der Waals surface area contributed by atoms with E-state index in [0.29, 0.717) is 24.4 Å². The summed E-state index contributed by atoms with van der Waals surface area (Å²) < 4.78 is 5.46. The van der Waals surface area contributed by atoms with Crippen LogP contribution >= 0.6 is 0 Å². The Morgan fingerprint density at radius 2 is 1.68 bits per heavy atom. The summed E-state index contributed by atoms with van der Waals surface area (Å²) in [4.78, 5) is 23.7. The molecule has 2 rings (SSSR count). The molecule has 0 aromatic heterocycles. The van der Waals surface area contributed by atoms with Gasteiger partial charge in [-0.1, -0.05) is 23.8 Å². The molecular weight excluding hydrogens is 316 g/mol. The first kappa shape index (κ1) is 18.5. The molecule has 2 aromatic rings. The van der Waals surface area contributed by atoms with Gasteiger partial charge in [0.15, 0.2) is 6.61 Å². The molecule has 25 heavy (non-hydrogen) atoms. The minimum atomic E-state index is -0.219. The number of benzene rings is 2. The van der Waals surface area contributed by atoms with Gasteiger partial charge in [0.2, 0.25) is 0 Å². The van der Waals surface area contributed by atoms with E-state index >= 15 is 0 Å². The van der Waals surface area contributed by atoms with E-state index in [1.807, 2.05) is 57.2 Å². The summed E-state index contributed by atoms with van der Waals surface area (Å²) in [6.07, 6.45) is 0. The van der Waals surface area contributed by atoms with E-state index in [1.54, 1.807) is 6.07 Å². The molecule has 2 aromatic carbocycles. The van der Waals surface area contributed by atoms with Crippen molar-refractivity contribution in [3.8, 4) is 5.75 Å². The third-order valence-electron chi connectivity index (χ3n) is 3.86. The van der Waals surface area contributed by atoms with Gasteiger partial charge in [0.1, 0.15) is 5.75 Å². The largest absolute Gasteiger partial charge is 0.484 e. The standard InChI is InChI=1S/C20H24N2O3/c1-14-5-4-6-17(11-14)20(24)22-10-9-21-19(23)13-25-18-8-7-15(2)16(3)12-18/h4-8,11-12H,9-10,13H2,1-3H3,(H,21,23)(H,22,24). The first-order chi connectivity index (χ1) is 12.0. The Hall–Kier alpha value is -2.82. The average molecular weight is 340 g/mol. The second-order valence-electron chi connectivity index (χ2n) is 6.01. The predicted octanol–water partition coefficient (Wildman–Crippen LogP) is 2.54. The zero-order valence-corrected chi connectivity index (χ0v) is 14.9. The highest BCUT2D eigenvalue weighted by Gasteiger charge is 2.06. The lowest BCUT2D eigenvalue weighted by atomic mass is 10.1. The van der Waals surface area contributed by atoms with E-state index in [1.165, 1.54) is 5.56 Å². The van der Waals surface area contributed by atoms with E-state index in [9.17, 15) is 9.59 Å². The Morgan fingerprint density at radius 1 is 0.920 bits per heavy atom. The number of hydrogen-bond donors (Lipinski definition) is 2. The number of amides is 2. The van der Waals surface area contributed by atoms with Gasteiger partial charge in [-0.3, -0.25) is 9.59 Å². The molecule has 0 fully saturated rings. The van der Waals surface area contributed by atoms with Crippen LogP contribution in [0.4, 0.5) is 0 Å². The van der Waals surface area contributed by atoms with Gasteiger partial charge in [-0.15, -0.1) is 0 Å². The third kappa shape index (κ3) is 5.95. The van der Waals surface area contributed by atoms with E-state index in [-0.39, 0.29) is 18.4 Å². The van der Waals surface area contributed by atoms with Gasteiger partial charge in [0, 0.05) is 18.7 Å². The van der Waals surface area contributed by atoms with Crippen LogP contribution in [0.1, 0.15) is 27.0 Å². The van der Waals surface area contributed by atoms with Gasteiger partial charge in [0.05, 0.1) is 0 Å². The maximum atomic E-state index is 12.0. The first-order valence-electron chi connectivity index (χ1n) is 8.27. The average Bonchev–Trinajstić information content (AvgIpc) is 2.59. The molecule has 5 heteroatoms. The number of hydrogen-bond acceptors (Lipinski definition) is 3. The summed E-state index contributed by atoms with van der Waals surface area (Å²) in [5, 5.41) is 5.49.